The van der Waals surface area contributed by atoms with Gasteiger partial charge in [0.05, 0.1) is 5.69 Å². The molecule has 208 valence electrons. The van der Waals surface area contributed by atoms with E-state index in [1.807, 2.05) is 6.20 Å². The first kappa shape index (κ1) is 27.3. The lowest BCUT2D eigenvalue weighted by Crippen LogP contribution is -2.22. The van der Waals surface area contributed by atoms with Crippen molar-refractivity contribution in [2.45, 2.75) is 116 Å². The molecule has 1 aromatic heterocycles. The normalized spacial score (nSPS) is 20.0. The molecule has 0 N–H and O–H groups in total. The Morgan fingerprint density at radius 1 is 0.625 bits per heavy atom. The molecule has 40 heavy (non-hydrogen) atoms. The molecule has 0 saturated heterocycles. The van der Waals surface area contributed by atoms with Crippen LogP contribution in [0.2, 0.25) is 0 Å². The molecule has 0 bridgehead atoms. The molecule has 3 aromatic carbocycles. The van der Waals surface area contributed by atoms with Crippen LogP contribution in [0.5, 0.6) is 0 Å². The third kappa shape index (κ3) is 4.07. The molecule has 2 aliphatic carbocycles. The molecule has 0 fully saturated rings. The number of hydrogen-bond donors (Lipinski definition) is 0. The summed E-state index contributed by atoms with van der Waals surface area (Å²) in [7, 11) is 0. The van der Waals surface area contributed by atoms with E-state index in [4.69, 9.17) is 4.98 Å². The minimum atomic E-state index is 0.0437. The Hall–Kier alpha value is -2.93. The van der Waals surface area contributed by atoms with Crippen molar-refractivity contribution in [1.82, 2.24) is 4.98 Å². The van der Waals surface area contributed by atoms with E-state index < -0.39 is 0 Å². The predicted octanol–water partition coefficient (Wildman–Crippen LogP) is 10.8. The van der Waals surface area contributed by atoms with Gasteiger partial charge in [0.1, 0.15) is 0 Å². The van der Waals surface area contributed by atoms with E-state index >= 15 is 0 Å². The van der Waals surface area contributed by atoms with E-state index in [1.54, 1.807) is 22.3 Å². The maximum Gasteiger partial charge on any atom is 0.0708 e. The minimum absolute atomic E-state index is 0.0437. The molecular weight excluding hydrogens is 482 g/mol. The second kappa shape index (κ2) is 8.31. The molecule has 1 heterocycles. The molecule has 4 aromatic rings. The summed E-state index contributed by atoms with van der Waals surface area (Å²) in [6.45, 7) is 26.7. The third-order valence-corrected chi connectivity index (χ3v) is 9.89. The van der Waals surface area contributed by atoms with Gasteiger partial charge in [-0.15, -0.1) is 0 Å². The van der Waals surface area contributed by atoms with Gasteiger partial charge in [-0.3, -0.25) is 4.98 Å². The van der Waals surface area contributed by atoms with E-state index in [-0.39, 0.29) is 27.1 Å². The topological polar surface area (TPSA) is 12.9 Å². The highest BCUT2D eigenvalue weighted by atomic mass is 14.7. The van der Waals surface area contributed by atoms with Crippen molar-refractivity contribution in [3.8, 4) is 22.4 Å². The first-order valence-corrected chi connectivity index (χ1v) is 15.2. The van der Waals surface area contributed by atoms with Crippen LogP contribution in [0.4, 0.5) is 0 Å². The summed E-state index contributed by atoms with van der Waals surface area (Å²) in [4.78, 5) is 4.95. The van der Waals surface area contributed by atoms with Crippen molar-refractivity contribution in [1.29, 1.82) is 0 Å². The van der Waals surface area contributed by atoms with Crippen molar-refractivity contribution < 1.29 is 0 Å². The molecule has 0 unspecified atom stereocenters. The number of fused-ring (bicyclic) bond motifs is 4. The van der Waals surface area contributed by atoms with Crippen LogP contribution >= 0.6 is 0 Å². The van der Waals surface area contributed by atoms with Crippen molar-refractivity contribution >= 4 is 10.8 Å². The number of nitrogens with zero attached hydrogens (tertiary/aromatic N) is 1. The average Bonchev–Trinajstić information content (AvgIpc) is 3.16. The Morgan fingerprint density at radius 2 is 1.25 bits per heavy atom. The van der Waals surface area contributed by atoms with E-state index in [0.29, 0.717) is 0 Å². The van der Waals surface area contributed by atoms with Crippen LogP contribution < -0.4 is 0 Å². The van der Waals surface area contributed by atoms with E-state index in [2.05, 4.69) is 131 Å². The highest BCUT2D eigenvalue weighted by Gasteiger charge is 2.52. The SMILES string of the molecule is CC(C)(C)c1cc(-c2cc(-c3cc4c(c5c3C(C)(C)CC5(C)C)C(C)(C)CC4(C)C)ccn2)cc2ccccc12. The molecule has 0 radical (unpaired) electrons. The second-order valence-corrected chi connectivity index (χ2v) is 16.4. The van der Waals surface area contributed by atoms with Crippen LogP contribution in [0.15, 0.2) is 60.8 Å². The molecule has 0 atom stereocenters. The zero-order valence-corrected chi connectivity index (χ0v) is 26.6. The van der Waals surface area contributed by atoms with Crippen LogP contribution in [-0.4, -0.2) is 4.98 Å². The van der Waals surface area contributed by atoms with E-state index in [0.717, 1.165) is 5.69 Å². The number of aromatic nitrogens is 1. The Balaban J connectivity index is 1.62. The summed E-state index contributed by atoms with van der Waals surface area (Å²) in [6.07, 6.45) is 4.39. The van der Waals surface area contributed by atoms with E-state index in [9.17, 15) is 0 Å². The monoisotopic (exact) mass is 529 g/mol. The maximum atomic E-state index is 4.95. The summed E-state index contributed by atoms with van der Waals surface area (Å²) in [6, 6.07) is 20.7. The number of benzene rings is 3. The fraction of sp³-hybridized carbons (Fsp3) is 0.462. The third-order valence-electron chi connectivity index (χ3n) is 9.89. The summed E-state index contributed by atoms with van der Waals surface area (Å²) in [5.74, 6) is 0. The maximum absolute atomic E-state index is 4.95. The summed E-state index contributed by atoms with van der Waals surface area (Å²) < 4.78 is 0. The quantitative estimate of drug-likeness (QED) is 0.252. The fourth-order valence-electron chi connectivity index (χ4n) is 8.93. The molecular formula is C39H47N. The van der Waals surface area contributed by atoms with Crippen LogP contribution in [0.3, 0.4) is 0 Å². The van der Waals surface area contributed by atoms with Crippen LogP contribution in [0, 0.1) is 0 Å². The van der Waals surface area contributed by atoms with Crippen molar-refractivity contribution in [3.63, 3.8) is 0 Å². The van der Waals surface area contributed by atoms with Gasteiger partial charge in [0, 0.05) is 11.8 Å². The van der Waals surface area contributed by atoms with Gasteiger partial charge in [0.25, 0.3) is 0 Å². The lowest BCUT2D eigenvalue weighted by atomic mass is 9.74. The van der Waals surface area contributed by atoms with Crippen molar-refractivity contribution in [3.05, 3.63) is 88.6 Å². The van der Waals surface area contributed by atoms with E-state index in [1.165, 1.54) is 45.9 Å². The highest BCUT2D eigenvalue weighted by molar-refractivity contribution is 5.91. The molecule has 0 saturated carbocycles. The molecule has 1 heteroatoms. The summed E-state index contributed by atoms with van der Waals surface area (Å²) in [5.41, 5.74) is 13.3. The van der Waals surface area contributed by atoms with Crippen molar-refractivity contribution in [2.75, 3.05) is 0 Å². The standard InChI is InChI=1S/C39H47N/c1-35(2,3)29-19-26(18-24-14-12-13-15-27(24)29)31-20-25(16-17-40-31)28-21-30-33(38(8,9)22-36(30,4)5)34-32(28)37(6,7)23-39(34,10)11/h12-21H,22-23H2,1-11H3. The van der Waals surface area contributed by atoms with Gasteiger partial charge in [-0.05, 0) is 120 Å². The lowest BCUT2D eigenvalue weighted by Gasteiger charge is -2.30. The summed E-state index contributed by atoms with van der Waals surface area (Å²) in [5, 5.41) is 2.61. The Labute approximate surface area is 242 Å². The van der Waals surface area contributed by atoms with Crippen LogP contribution in [0.1, 0.15) is 117 Å². The molecule has 0 aliphatic heterocycles. The number of pyridine rings is 1. The molecule has 6 rings (SSSR count). The predicted molar refractivity (Wildman–Crippen MR) is 173 cm³/mol. The van der Waals surface area contributed by atoms with Gasteiger partial charge in [0.15, 0.2) is 0 Å². The van der Waals surface area contributed by atoms with Gasteiger partial charge in [-0.1, -0.05) is 100 Å². The van der Waals surface area contributed by atoms with Crippen LogP contribution in [0.25, 0.3) is 33.2 Å². The Bertz CT molecular complexity index is 1670. The number of hydrogen-bond acceptors (Lipinski definition) is 1. The first-order valence-electron chi connectivity index (χ1n) is 15.2. The minimum Gasteiger partial charge on any atom is -0.256 e. The lowest BCUT2D eigenvalue weighted by molar-refractivity contribution is 0.386. The largest absolute Gasteiger partial charge is 0.256 e. The second-order valence-electron chi connectivity index (χ2n) is 16.4. The first-order chi connectivity index (χ1) is 18.4. The molecule has 2 aliphatic rings. The summed E-state index contributed by atoms with van der Waals surface area (Å²) >= 11 is 0. The zero-order chi connectivity index (χ0) is 29.0. The highest BCUT2D eigenvalue weighted by Crippen LogP contribution is 2.61. The van der Waals surface area contributed by atoms with Crippen molar-refractivity contribution in [2.24, 2.45) is 0 Å². The zero-order valence-electron chi connectivity index (χ0n) is 26.6. The van der Waals surface area contributed by atoms with Gasteiger partial charge >= 0.3 is 0 Å². The molecule has 0 amide bonds. The average molecular weight is 530 g/mol. The Kier molecular flexibility index (Phi) is 5.66. The Morgan fingerprint density at radius 3 is 1.95 bits per heavy atom. The van der Waals surface area contributed by atoms with Gasteiger partial charge in [-0.25, -0.2) is 0 Å². The van der Waals surface area contributed by atoms with Crippen LogP contribution in [-0.2, 0) is 27.1 Å². The number of rotatable bonds is 2. The molecule has 0 spiro atoms. The van der Waals surface area contributed by atoms with Gasteiger partial charge < -0.3 is 0 Å². The van der Waals surface area contributed by atoms with Gasteiger partial charge in [0.2, 0.25) is 0 Å². The van der Waals surface area contributed by atoms with Gasteiger partial charge in [-0.2, -0.15) is 0 Å². The molecule has 1 nitrogen and oxygen atoms in total. The fourth-order valence-corrected chi connectivity index (χ4v) is 8.93. The smallest absolute Gasteiger partial charge is 0.0708 e.